The minimum absolute atomic E-state index is 0.0723. The van der Waals surface area contributed by atoms with Crippen LogP contribution in [0.1, 0.15) is 26.7 Å². The van der Waals surface area contributed by atoms with E-state index >= 15 is 0 Å². The van der Waals surface area contributed by atoms with Crippen molar-refractivity contribution in [2.45, 2.75) is 32.8 Å². The Kier molecular flexibility index (Phi) is 5.83. The molecule has 1 amide bonds. The van der Waals surface area contributed by atoms with E-state index in [1.807, 2.05) is 37.4 Å². The summed E-state index contributed by atoms with van der Waals surface area (Å²) >= 11 is 0. The van der Waals surface area contributed by atoms with Crippen LogP contribution in [0.15, 0.2) is 30.5 Å². The number of nitrogens with two attached hydrogens (primary N) is 1. The molecular formula is C17H25N3O2. The van der Waals surface area contributed by atoms with E-state index < -0.39 is 6.10 Å². The Balaban J connectivity index is 2.21. The SMILES string of the molecule is CCNC(=O)C(Oc1ccc2[nH]ccc2c1)C(CC)CCN. The summed E-state index contributed by atoms with van der Waals surface area (Å²) < 4.78 is 6.03. The average molecular weight is 303 g/mol. The first-order valence-corrected chi connectivity index (χ1v) is 7.91. The highest BCUT2D eigenvalue weighted by Gasteiger charge is 2.28. The van der Waals surface area contributed by atoms with Crippen LogP contribution < -0.4 is 15.8 Å². The third kappa shape index (κ3) is 3.80. The van der Waals surface area contributed by atoms with Crippen molar-refractivity contribution in [1.29, 1.82) is 0 Å². The third-order valence-electron chi connectivity index (χ3n) is 3.89. The molecule has 1 heterocycles. The number of amides is 1. The van der Waals surface area contributed by atoms with Gasteiger partial charge in [0, 0.05) is 29.6 Å². The van der Waals surface area contributed by atoms with E-state index in [9.17, 15) is 4.79 Å². The predicted octanol–water partition coefficient (Wildman–Crippen LogP) is 2.43. The van der Waals surface area contributed by atoms with E-state index in [2.05, 4.69) is 17.2 Å². The number of benzene rings is 1. The van der Waals surface area contributed by atoms with Crippen molar-refractivity contribution < 1.29 is 9.53 Å². The number of nitrogens with one attached hydrogen (secondary N) is 2. The predicted molar refractivity (Wildman–Crippen MR) is 88.9 cm³/mol. The lowest BCUT2D eigenvalue weighted by Crippen LogP contribution is -2.43. The highest BCUT2D eigenvalue weighted by molar-refractivity contribution is 5.83. The number of rotatable bonds is 8. The van der Waals surface area contributed by atoms with Gasteiger partial charge in [0.15, 0.2) is 6.10 Å². The first-order valence-electron chi connectivity index (χ1n) is 7.91. The van der Waals surface area contributed by atoms with Crippen molar-refractivity contribution in [3.05, 3.63) is 30.5 Å². The molecule has 2 aromatic rings. The molecule has 0 bridgehead atoms. The number of aromatic amines is 1. The summed E-state index contributed by atoms with van der Waals surface area (Å²) in [5.41, 5.74) is 6.73. The minimum Gasteiger partial charge on any atom is -0.480 e. The molecule has 0 aliphatic heterocycles. The van der Waals surface area contributed by atoms with E-state index in [-0.39, 0.29) is 11.8 Å². The van der Waals surface area contributed by atoms with Crippen LogP contribution in [0.3, 0.4) is 0 Å². The van der Waals surface area contributed by atoms with Crippen molar-refractivity contribution in [3.63, 3.8) is 0 Å². The zero-order valence-electron chi connectivity index (χ0n) is 13.3. The van der Waals surface area contributed by atoms with E-state index in [1.165, 1.54) is 0 Å². The molecule has 0 spiro atoms. The van der Waals surface area contributed by atoms with Gasteiger partial charge in [-0.2, -0.15) is 0 Å². The number of carbonyl (C=O) groups is 1. The van der Waals surface area contributed by atoms with Gasteiger partial charge < -0.3 is 20.8 Å². The highest BCUT2D eigenvalue weighted by atomic mass is 16.5. The Morgan fingerprint density at radius 2 is 2.18 bits per heavy atom. The van der Waals surface area contributed by atoms with Crippen LogP contribution in [-0.2, 0) is 4.79 Å². The molecule has 2 unspecified atom stereocenters. The molecule has 1 aromatic carbocycles. The number of likely N-dealkylation sites (N-methyl/N-ethyl adjacent to an activating group) is 1. The fourth-order valence-electron chi connectivity index (χ4n) is 2.67. The molecule has 4 N–H and O–H groups in total. The van der Waals surface area contributed by atoms with Crippen LogP contribution in [0, 0.1) is 5.92 Å². The van der Waals surface area contributed by atoms with Crippen LogP contribution in [0.5, 0.6) is 5.75 Å². The molecule has 0 saturated carbocycles. The largest absolute Gasteiger partial charge is 0.480 e. The maximum Gasteiger partial charge on any atom is 0.261 e. The first kappa shape index (κ1) is 16.4. The maximum absolute atomic E-state index is 12.4. The molecule has 120 valence electrons. The Labute approximate surface area is 131 Å². The van der Waals surface area contributed by atoms with Crippen molar-refractivity contribution in [1.82, 2.24) is 10.3 Å². The normalized spacial score (nSPS) is 13.8. The molecular weight excluding hydrogens is 278 g/mol. The molecule has 0 aliphatic rings. The standard InChI is InChI=1S/C17H25N3O2/c1-3-12(7-9-18)16(17(21)19-4-2)22-14-5-6-15-13(11-14)8-10-20-15/h5-6,8,10-12,16,20H,3-4,7,9,18H2,1-2H3,(H,19,21). The lowest BCUT2D eigenvalue weighted by molar-refractivity contribution is -0.130. The van der Waals surface area contributed by atoms with Crippen LogP contribution in [0.2, 0.25) is 0 Å². The molecule has 22 heavy (non-hydrogen) atoms. The first-order chi connectivity index (χ1) is 10.7. The lowest BCUT2D eigenvalue weighted by Gasteiger charge is -2.26. The fourth-order valence-corrected chi connectivity index (χ4v) is 2.67. The third-order valence-corrected chi connectivity index (χ3v) is 3.89. The van der Waals surface area contributed by atoms with Gasteiger partial charge in [-0.1, -0.05) is 6.92 Å². The molecule has 1 aromatic heterocycles. The number of carbonyl (C=O) groups excluding carboxylic acids is 1. The van der Waals surface area contributed by atoms with Crippen LogP contribution in [0.4, 0.5) is 0 Å². The monoisotopic (exact) mass is 303 g/mol. The Hall–Kier alpha value is -2.01. The summed E-state index contributed by atoms with van der Waals surface area (Å²) in [7, 11) is 0. The smallest absolute Gasteiger partial charge is 0.261 e. The van der Waals surface area contributed by atoms with Gasteiger partial charge in [0.1, 0.15) is 5.75 Å². The van der Waals surface area contributed by atoms with E-state index in [0.29, 0.717) is 18.8 Å². The Morgan fingerprint density at radius 3 is 2.86 bits per heavy atom. The van der Waals surface area contributed by atoms with Gasteiger partial charge in [0.25, 0.3) is 5.91 Å². The van der Waals surface area contributed by atoms with Crippen molar-refractivity contribution in [2.24, 2.45) is 11.7 Å². The molecule has 0 aliphatic carbocycles. The summed E-state index contributed by atoms with van der Waals surface area (Å²) in [6, 6.07) is 7.79. The van der Waals surface area contributed by atoms with Gasteiger partial charge in [0.05, 0.1) is 0 Å². The van der Waals surface area contributed by atoms with Gasteiger partial charge in [-0.3, -0.25) is 4.79 Å². The lowest BCUT2D eigenvalue weighted by atomic mass is 9.94. The van der Waals surface area contributed by atoms with Crippen LogP contribution >= 0.6 is 0 Å². The number of H-pyrrole nitrogens is 1. The van der Waals surface area contributed by atoms with E-state index in [1.54, 1.807) is 0 Å². The highest BCUT2D eigenvalue weighted by Crippen LogP contribution is 2.24. The number of fused-ring (bicyclic) bond motifs is 1. The maximum atomic E-state index is 12.4. The molecule has 5 heteroatoms. The van der Waals surface area contributed by atoms with Crippen molar-refractivity contribution in [2.75, 3.05) is 13.1 Å². The van der Waals surface area contributed by atoms with Crippen LogP contribution in [-0.4, -0.2) is 30.1 Å². The van der Waals surface area contributed by atoms with E-state index in [0.717, 1.165) is 23.7 Å². The van der Waals surface area contributed by atoms with Gasteiger partial charge in [-0.15, -0.1) is 0 Å². The summed E-state index contributed by atoms with van der Waals surface area (Å²) in [5.74, 6) is 0.745. The Bertz CT molecular complexity index is 609. The minimum atomic E-state index is -0.509. The second-order valence-corrected chi connectivity index (χ2v) is 5.41. The molecule has 2 atom stereocenters. The summed E-state index contributed by atoms with van der Waals surface area (Å²) in [6.07, 6.45) is 3.00. The zero-order valence-corrected chi connectivity index (χ0v) is 13.3. The number of hydrogen-bond donors (Lipinski definition) is 3. The van der Waals surface area contributed by atoms with Crippen molar-refractivity contribution >= 4 is 16.8 Å². The summed E-state index contributed by atoms with van der Waals surface area (Å²) in [6.45, 7) is 5.11. The molecule has 5 nitrogen and oxygen atoms in total. The summed E-state index contributed by atoms with van der Waals surface area (Å²) in [4.78, 5) is 15.5. The van der Waals surface area contributed by atoms with Gasteiger partial charge >= 0.3 is 0 Å². The molecule has 0 saturated heterocycles. The second-order valence-electron chi connectivity index (χ2n) is 5.41. The summed E-state index contributed by atoms with van der Waals surface area (Å²) in [5, 5.41) is 3.93. The molecule has 0 fully saturated rings. The number of hydrogen-bond acceptors (Lipinski definition) is 3. The topological polar surface area (TPSA) is 80.1 Å². The fraction of sp³-hybridized carbons (Fsp3) is 0.471. The number of aromatic nitrogens is 1. The molecule has 0 radical (unpaired) electrons. The van der Waals surface area contributed by atoms with E-state index in [4.69, 9.17) is 10.5 Å². The molecule has 2 rings (SSSR count). The quantitative estimate of drug-likeness (QED) is 0.700. The Morgan fingerprint density at radius 1 is 1.36 bits per heavy atom. The average Bonchev–Trinajstić information content (AvgIpc) is 2.98. The zero-order chi connectivity index (χ0) is 15.9. The number of ether oxygens (including phenoxy) is 1. The van der Waals surface area contributed by atoms with Crippen molar-refractivity contribution in [3.8, 4) is 5.75 Å². The van der Waals surface area contributed by atoms with Crippen LogP contribution in [0.25, 0.3) is 10.9 Å². The van der Waals surface area contributed by atoms with Gasteiger partial charge in [0.2, 0.25) is 0 Å². The second kappa shape index (κ2) is 7.84. The van der Waals surface area contributed by atoms with Gasteiger partial charge in [-0.25, -0.2) is 0 Å². The van der Waals surface area contributed by atoms with Gasteiger partial charge in [-0.05, 0) is 50.6 Å².